The van der Waals surface area contributed by atoms with Crippen molar-refractivity contribution in [3.8, 4) is 17.2 Å². The zero-order chi connectivity index (χ0) is 22.7. The molecule has 9 heteroatoms. The zero-order valence-electron chi connectivity index (χ0n) is 17.7. The number of thiophene rings is 1. The van der Waals surface area contributed by atoms with Crippen LogP contribution in [0, 0.1) is 6.92 Å². The Bertz CT molecular complexity index is 1350. The Balaban J connectivity index is 1.61. The Kier molecular flexibility index (Phi) is 6.48. The van der Waals surface area contributed by atoms with E-state index in [-0.39, 0.29) is 17.2 Å². The number of aromatic nitrogens is 2. The van der Waals surface area contributed by atoms with E-state index in [1.54, 1.807) is 29.9 Å². The summed E-state index contributed by atoms with van der Waals surface area (Å²) < 4.78 is 12.7. The number of methoxy groups -OCH3 is 2. The van der Waals surface area contributed by atoms with Gasteiger partial charge in [0, 0.05) is 11.8 Å². The monoisotopic (exact) mass is 467 g/mol. The van der Waals surface area contributed by atoms with Crippen LogP contribution in [-0.2, 0) is 4.79 Å². The first-order valence-electron chi connectivity index (χ1n) is 9.72. The summed E-state index contributed by atoms with van der Waals surface area (Å²) in [6, 6.07) is 14.6. The fraction of sp³-hybridized carbons (Fsp3) is 0.174. The van der Waals surface area contributed by atoms with E-state index in [0.717, 1.165) is 11.3 Å². The van der Waals surface area contributed by atoms with Crippen LogP contribution >= 0.6 is 23.1 Å². The number of rotatable bonds is 7. The summed E-state index contributed by atoms with van der Waals surface area (Å²) >= 11 is 2.58. The number of nitrogens with zero attached hydrogens (tertiary/aromatic N) is 2. The molecule has 0 bridgehead atoms. The molecule has 0 fully saturated rings. The summed E-state index contributed by atoms with van der Waals surface area (Å²) in [5, 5.41) is 5.16. The molecule has 0 saturated heterocycles. The molecule has 1 amide bonds. The Morgan fingerprint density at radius 2 is 1.91 bits per heavy atom. The predicted molar refractivity (Wildman–Crippen MR) is 129 cm³/mol. The van der Waals surface area contributed by atoms with Crippen molar-refractivity contribution in [3.63, 3.8) is 0 Å². The zero-order valence-corrected chi connectivity index (χ0v) is 19.4. The molecule has 1 N–H and O–H groups in total. The lowest BCUT2D eigenvalue weighted by atomic mass is 10.2. The number of anilines is 1. The highest BCUT2D eigenvalue weighted by molar-refractivity contribution is 7.99. The molecule has 2 heterocycles. The van der Waals surface area contributed by atoms with E-state index in [1.165, 1.54) is 30.2 Å². The lowest BCUT2D eigenvalue weighted by Gasteiger charge is -2.14. The number of aryl methyl sites for hydroxylation is 1. The number of para-hydroxylation sites is 1. The van der Waals surface area contributed by atoms with Crippen molar-refractivity contribution in [2.75, 3.05) is 25.3 Å². The van der Waals surface area contributed by atoms with Gasteiger partial charge in [0.1, 0.15) is 4.70 Å². The Hall–Kier alpha value is -3.30. The van der Waals surface area contributed by atoms with E-state index in [9.17, 15) is 9.59 Å². The summed E-state index contributed by atoms with van der Waals surface area (Å²) in [6.07, 6.45) is 0. The highest BCUT2D eigenvalue weighted by Gasteiger charge is 2.17. The minimum Gasteiger partial charge on any atom is -0.493 e. The van der Waals surface area contributed by atoms with Gasteiger partial charge in [-0.3, -0.25) is 14.2 Å². The van der Waals surface area contributed by atoms with E-state index in [1.807, 2.05) is 42.6 Å². The number of fused-ring (bicyclic) bond motifs is 1. The van der Waals surface area contributed by atoms with Crippen LogP contribution in [0.4, 0.5) is 5.69 Å². The number of ether oxygens (including phenoxy) is 2. The third-order valence-corrected chi connectivity index (χ3v) is 6.64. The molecule has 0 spiro atoms. The molecule has 0 unspecified atom stereocenters. The Morgan fingerprint density at radius 1 is 1.12 bits per heavy atom. The number of hydrogen-bond donors (Lipinski definition) is 1. The quantitative estimate of drug-likeness (QED) is 0.318. The SMILES string of the molecule is COc1ccc(NC(=O)CSc2nc3ccsc3c(=O)n2-c2ccccc2C)cc1OC. The van der Waals surface area contributed by atoms with Crippen LogP contribution in [0.1, 0.15) is 5.56 Å². The number of amides is 1. The number of hydrogen-bond acceptors (Lipinski definition) is 7. The van der Waals surface area contributed by atoms with Crippen LogP contribution in [0.3, 0.4) is 0 Å². The summed E-state index contributed by atoms with van der Waals surface area (Å²) in [5.41, 5.74) is 2.78. The lowest BCUT2D eigenvalue weighted by Crippen LogP contribution is -2.22. The standard InChI is InChI=1S/C23H21N3O4S2/c1-14-6-4-5-7-17(14)26-22(28)21-16(10-11-31-21)25-23(26)32-13-20(27)24-15-8-9-18(29-2)19(12-15)30-3/h4-12H,13H2,1-3H3,(H,24,27). The van der Waals surface area contributed by atoms with Gasteiger partial charge >= 0.3 is 0 Å². The fourth-order valence-corrected chi connectivity index (χ4v) is 4.82. The number of carbonyl (C=O) groups is 1. The Labute approximate surface area is 193 Å². The number of thioether (sulfide) groups is 1. The molecule has 0 aliphatic carbocycles. The van der Waals surface area contributed by atoms with Gasteiger partial charge in [-0.05, 0) is 42.1 Å². The number of nitrogens with one attached hydrogen (secondary N) is 1. The molecule has 7 nitrogen and oxygen atoms in total. The largest absolute Gasteiger partial charge is 0.493 e. The van der Waals surface area contributed by atoms with Crippen LogP contribution in [-0.4, -0.2) is 35.4 Å². The average Bonchev–Trinajstić information content (AvgIpc) is 3.27. The molecular weight excluding hydrogens is 446 g/mol. The van der Waals surface area contributed by atoms with Crippen molar-refractivity contribution in [1.29, 1.82) is 0 Å². The molecular formula is C23H21N3O4S2. The smallest absolute Gasteiger partial charge is 0.276 e. The summed E-state index contributed by atoms with van der Waals surface area (Å²) in [7, 11) is 3.09. The van der Waals surface area contributed by atoms with Crippen LogP contribution in [0.15, 0.2) is 63.9 Å². The molecule has 4 aromatic rings. The highest BCUT2D eigenvalue weighted by atomic mass is 32.2. The van der Waals surface area contributed by atoms with Gasteiger partial charge in [-0.1, -0.05) is 30.0 Å². The highest BCUT2D eigenvalue weighted by Crippen LogP contribution is 2.30. The first-order chi connectivity index (χ1) is 15.5. The minimum absolute atomic E-state index is 0.0856. The third kappa shape index (κ3) is 4.35. The van der Waals surface area contributed by atoms with Crippen LogP contribution in [0.2, 0.25) is 0 Å². The lowest BCUT2D eigenvalue weighted by molar-refractivity contribution is -0.113. The molecule has 0 aliphatic rings. The molecule has 0 atom stereocenters. The van der Waals surface area contributed by atoms with Crippen molar-refractivity contribution < 1.29 is 14.3 Å². The predicted octanol–water partition coefficient (Wildman–Crippen LogP) is 4.50. The van der Waals surface area contributed by atoms with Gasteiger partial charge in [0.05, 0.1) is 31.2 Å². The van der Waals surface area contributed by atoms with E-state index in [4.69, 9.17) is 9.47 Å². The van der Waals surface area contributed by atoms with Gasteiger partial charge in [-0.2, -0.15) is 0 Å². The summed E-state index contributed by atoms with van der Waals surface area (Å²) in [6.45, 7) is 1.94. The molecule has 32 heavy (non-hydrogen) atoms. The number of benzene rings is 2. The van der Waals surface area contributed by atoms with Crippen molar-refractivity contribution in [2.24, 2.45) is 0 Å². The van der Waals surface area contributed by atoms with Gasteiger partial charge in [-0.15, -0.1) is 11.3 Å². The topological polar surface area (TPSA) is 82.5 Å². The molecule has 2 aromatic carbocycles. The van der Waals surface area contributed by atoms with Crippen molar-refractivity contribution in [2.45, 2.75) is 12.1 Å². The van der Waals surface area contributed by atoms with Crippen molar-refractivity contribution in [3.05, 3.63) is 69.8 Å². The van der Waals surface area contributed by atoms with Gasteiger partial charge in [0.2, 0.25) is 5.91 Å². The first-order valence-corrected chi connectivity index (χ1v) is 11.6. The van der Waals surface area contributed by atoms with Crippen LogP contribution in [0.5, 0.6) is 11.5 Å². The molecule has 4 rings (SSSR count). The maximum Gasteiger partial charge on any atom is 0.276 e. The molecule has 2 aromatic heterocycles. The van der Waals surface area contributed by atoms with Crippen LogP contribution in [0.25, 0.3) is 15.9 Å². The molecule has 0 aliphatic heterocycles. The van der Waals surface area contributed by atoms with Crippen LogP contribution < -0.4 is 20.3 Å². The van der Waals surface area contributed by atoms with Gasteiger partial charge in [-0.25, -0.2) is 4.98 Å². The molecule has 0 saturated carbocycles. The van der Waals surface area contributed by atoms with Gasteiger partial charge in [0.25, 0.3) is 5.56 Å². The minimum atomic E-state index is -0.224. The average molecular weight is 468 g/mol. The Morgan fingerprint density at radius 3 is 2.66 bits per heavy atom. The second-order valence-electron chi connectivity index (χ2n) is 6.86. The third-order valence-electron chi connectivity index (χ3n) is 4.81. The maximum atomic E-state index is 13.2. The normalized spacial score (nSPS) is 10.8. The van der Waals surface area contributed by atoms with E-state index in [0.29, 0.717) is 32.6 Å². The second kappa shape index (κ2) is 9.46. The molecule has 164 valence electrons. The van der Waals surface area contributed by atoms with E-state index in [2.05, 4.69) is 10.3 Å². The summed E-state index contributed by atoms with van der Waals surface area (Å²) in [5.74, 6) is 0.965. The second-order valence-corrected chi connectivity index (χ2v) is 8.72. The molecule has 0 radical (unpaired) electrons. The van der Waals surface area contributed by atoms with Crippen molar-refractivity contribution in [1.82, 2.24) is 9.55 Å². The summed E-state index contributed by atoms with van der Waals surface area (Å²) in [4.78, 5) is 30.5. The first kappa shape index (κ1) is 21.9. The van der Waals surface area contributed by atoms with Gasteiger partial charge in [0.15, 0.2) is 16.7 Å². The van der Waals surface area contributed by atoms with Crippen molar-refractivity contribution >= 4 is 44.9 Å². The van der Waals surface area contributed by atoms with E-state index >= 15 is 0 Å². The van der Waals surface area contributed by atoms with Gasteiger partial charge < -0.3 is 14.8 Å². The van der Waals surface area contributed by atoms with E-state index < -0.39 is 0 Å². The maximum absolute atomic E-state index is 13.2. The fourth-order valence-electron chi connectivity index (χ4n) is 3.26. The number of carbonyl (C=O) groups excluding carboxylic acids is 1.